The number of sulfone groups is 1. The fourth-order valence-electron chi connectivity index (χ4n) is 3.71. The maximum Gasteiger partial charge on any atom is 0.191 e. The third kappa shape index (κ3) is 5.31. The lowest BCUT2D eigenvalue weighted by Gasteiger charge is -2.34. The Morgan fingerprint density at radius 3 is 2.60 bits per heavy atom. The molecule has 8 heteroatoms. The highest BCUT2D eigenvalue weighted by Gasteiger charge is 2.42. The standard InChI is InChI=1S/C17H34N4O3S/c1-4-18-16(19-13-15-7-6-10-21(15)5-2)20-14-17(25(3,22)23)8-11-24-12-9-17/h15H,4-14H2,1-3H3,(H2,18,19,20). The topological polar surface area (TPSA) is 83.0 Å². The summed E-state index contributed by atoms with van der Waals surface area (Å²) in [6.45, 7) is 9.29. The molecule has 2 saturated heterocycles. The molecule has 25 heavy (non-hydrogen) atoms. The molecule has 2 fully saturated rings. The summed E-state index contributed by atoms with van der Waals surface area (Å²) in [5.41, 5.74) is 0. The zero-order chi connectivity index (χ0) is 18.3. The highest BCUT2D eigenvalue weighted by molar-refractivity contribution is 7.92. The van der Waals surface area contributed by atoms with Gasteiger partial charge >= 0.3 is 0 Å². The van der Waals surface area contributed by atoms with Crippen LogP contribution >= 0.6 is 0 Å². The van der Waals surface area contributed by atoms with Gasteiger partial charge in [-0.1, -0.05) is 6.92 Å². The summed E-state index contributed by atoms with van der Waals surface area (Å²) < 4.78 is 29.3. The van der Waals surface area contributed by atoms with Crippen LogP contribution in [0.2, 0.25) is 0 Å². The van der Waals surface area contributed by atoms with Crippen LogP contribution in [0.1, 0.15) is 39.5 Å². The molecule has 0 aromatic heterocycles. The van der Waals surface area contributed by atoms with Crippen molar-refractivity contribution >= 4 is 15.8 Å². The molecule has 0 spiro atoms. The maximum atomic E-state index is 12.4. The molecule has 0 saturated carbocycles. The molecule has 2 N–H and O–H groups in total. The molecule has 2 rings (SSSR count). The average Bonchev–Trinajstić information content (AvgIpc) is 3.05. The molecule has 1 unspecified atom stereocenters. The summed E-state index contributed by atoms with van der Waals surface area (Å²) in [7, 11) is -3.19. The van der Waals surface area contributed by atoms with Gasteiger partial charge in [0, 0.05) is 38.6 Å². The van der Waals surface area contributed by atoms with E-state index in [1.807, 2.05) is 6.92 Å². The summed E-state index contributed by atoms with van der Waals surface area (Å²) in [6, 6.07) is 0.529. The fraction of sp³-hybridized carbons (Fsp3) is 0.941. The summed E-state index contributed by atoms with van der Waals surface area (Å²) in [6.07, 6.45) is 4.80. The molecule has 146 valence electrons. The largest absolute Gasteiger partial charge is 0.381 e. The van der Waals surface area contributed by atoms with E-state index < -0.39 is 14.6 Å². The Kier molecular flexibility index (Phi) is 7.51. The van der Waals surface area contributed by atoms with Crippen LogP contribution < -0.4 is 10.6 Å². The maximum absolute atomic E-state index is 12.4. The Morgan fingerprint density at radius 1 is 1.28 bits per heavy atom. The van der Waals surface area contributed by atoms with Crippen molar-refractivity contribution in [3.63, 3.8) is 0 Å². The molecule has 2 heterocycles. The van der Waals surface area contributed by atoms with Crippen molar-refractivity contribution in [2.75, 3.05) is 52.2 Å². The summed E-state index contributed by atoms with van der Waals surface area (Å²) in [4.78, 5) is 7.11. The molecular formula is C17H34N4O3S. The van der Waals surface area contributed by atoms with E-state index in [1.165, 1.54) is 19.1 Å². The van der Waals surface area contributed by atoms with Crippen LogP contribution in [0.15, 0.2) is 4.99 Å². The highest BCUT2D eigenvalue weighted by Crippen LogP contribution is 2.29. The second-order valence-electron chi connectivity index (χ2n) is 7.07. The van der Waals surface area contributed by atoms with Crippen molar-refractivity contribution in [2.24, 2.45) is 4.99 Å². The van der Waals surface area contributed by atoms with Gasteiger partial charge in [-0.25, -0.2) is 8.42 Å². The van der Waals surface area contributed by atoms with E-state index in [2.05, 4.69) is 27.4 Å². The number of hydrogen-bond acceptors (Lipinski definition) is 5. The Balaban J connectivity index is 2.02. The minimum Gasteiger partial charge on any atom is -0.381 e. The molecule has 1 atom stereocenters. The van der Waals surface area contributed by atoms with E-state index in [-0.39, 0.29) is 6.54 Å². The van der Waals surface area contributed by atoms with Crippen LogP contribution in [0.5, 0.6) is 0 Å². The van der Waals surface area contributed by atoms with Crippen molar-refractivity contribution in [3.05, 3.63) is 0 Å². The second kappa shape index (κ2) is 9.19. The Labute approximate surface area is 152 Å². The SMILES string of the molecule is CCNC(=NCC1(S(C)(=O)=O)CCOCC1)NCC1CCCN1CC. The molecule has 0 aromatic carbocycles. The van der Waals surface area contributed by atoms with E-state index in [4.69, 9.17) is 4.74 Å². The van der Waals surface area contributed by atoms with Crippen LogP contribution in [0.3, 0.4) is 0 Å². The van der Waals surface area contributed by atoms with Gasteiger partial charge in [-0.15, -0.1) is 0 Å². The molecule has 0 aliphatic carbocycles. The van der Waals surface area contributed by atoms with Gasteiger partial charge in [-0.2, -0.15) is 0 Å². The van der Waals surface area contributed by atoms with Crippen LogP contribution in [-0.4, -0.2) is 82.3 Å². The number of rotatable bonds is 7. The first-order valence-corrected chi connectivity index (χ1v) is 11.3. The fourth-order valence-corrected chi connectivity index (χ4v) is 4.92. The van der Waals surface area contributed by atoms with Gasteiger partial charge in [-0.05, 0) is 45.7 Å². The average molecular weight is 375 g/mol. The third-order valence-corrected chi connectivity index (χ3v) is 7.58. The Morgan fingerprint density at radius 2 is 2.00 bits per heavy atom. The van der Waals surface area contributed by atoms with Crippen LogP contribution in [0.25, 0.3) is 0 Å². The first-order chi connectivity index (χ1) is 11.9. The van der Waals surface area contributed by atoms with Crippen molar-refractivity contribution < 1.29 is 13.2 Å². The van der Waals surface area contributed by atoms with Crippen LogP contribution in [0, 0.1) is 0 Å². The Hall–Kier alpha value is -0.860. The van der Waals surface area contributed by atoms with E-state index >= 15 is 0 Å². The van der Waals surface area contributed by atoms with Crippen molar-refractivity contribution in [2.45, 2.75) is 50.3 Å². The van der Waals surface area contributed by atoms with Gasteiger partial charge in [0.2, 0.25) is 0 Å². The van der Waals surface area contributed by atoms with Crippen LogP contribution in [-0.2, 0) is 14.6 Å². The lowest BCUT2D eigenvalue weighted by atomic mass is 9.99. The molecule has 0 bridgehead atoms. The summed E-state index contributed by atoms with van der Waals surface area (Å²) in [5, 5.41) is 6.65. The zero-order valence-electron chi connectivity index (χ0n) is 15.9. The molecule has 2 aliphatic rings. The predicted octanol–water partition coefficient (Wildman–Crippen LogP) is 0.620. The monoisotopic (exact) mass is 374 g/mol. The third-order valence-electron chi connectivity index (χ3n) is 5.47. The van der Waals surface area contributed by atoms with E-state index in [9.17, 15) is 8.42 Å². The van der Waals surface area contributed by atoms with Crippen molar-refractivity contribution in [1.29, 1.82) is 0 Å². The van der Waals surface area contributed by atoms with Gasteiger partial charge < -0.3 is 15.4 Å². The van der Waals surface area contributed by atoms with E-state index in [0.29, 0.717) is 38.1 Å². The minimum absolute atomic E-state index is 0.284. The van der Waals surface area contributed by atoms with E-state index in [1.54, 1.807) is 0 Å². The first kappa shape index (κ1) is 20.5. The number of likely N-dealkylation sites (N-methyl/N-ethyl adjacent to an activating group) is 1. The number of guanidine groups is 1. The van der Waals surface area contributed by atoms with Gasteiger partial charge in [0.05, 0.1) is 11.3 Å². The number of likely N-dealkylation sites (tertiary alicyclic amines) is 1. The normalized spacial score (nSPS) is 25.1. The minimum atomic E-state index is -3.19. The van der Waals surface area contributed by atoms with Gasteiger partial charge in [0.15, 0.2) is 15.8 Å². The summed E-state index contributed by atoms with van der Waals surface area (Å²) in [5.74, 6) is 0.708. The highest BCUT2D eigenvalue weighted by atomic mass is 32.2. The Bertz CT molecular complexity index is 544. The molecular weight excluding hydrogens is 340 g/mol. The number of ether oxygens (including phenoxy) is 1. The lowest BCUT2D eigenvalue weighted by Crippen LogP contribution is -2.48. The van der Waals surface area contributed by atoms with Crippen molar-refractivity contribution in [3.8, 4) is 0 Å². The van der Waals surface area contributed by atoms with Crippen LogP contribution in [0.4, 0.5) is 0 Å². The molecule has 7 nitrogen and oxygen atoms in total. The van der Waals surface area contributed by atoms with Gasteiger partial charge in [0.1, 0.15) is 0 Å². The van der Waals surface area contributed by atoms with Gasteiger partial charge in [0.25, 0.3) is 0 Å². The van der Waals surface area contributed by atoms with Crippen molar-refractivity contribution in [1.82, 2.24) is 15.5 Å². The van der Waals surface area contributed by atoms with Gasteiger partial charge in [-0.3, -0.25) is 9.89 Å². The quantitative estimate of drug-likeness (QED) is 0.502. The molecule has 0 amide bonds. The molecule has 0 radical (unpaired) electrons. The zero-order valence-corrected chi connectivity index (χ0v) is 16.7. The lowest BCUT2D eigenvalue weighted by molar-refractivity contribution is 0.0768. The first-order valence-electron chi connectivity index (χ1n) is 9.45. The number of nitrogens with zero attached hydrogens (tertiary/aromatic N) is 2. The number of aliphatic imine (C=N–C) groups is 1. The molecule has 0 aromatic rings. The smallest absolute Gasteiger partial charge is 0.191 e. The number of hydrogen-bond donors (Lipinski definition) is 2. The second-order valence-corrected chi connectivity index (χ2v) is 9.48. The summed E-state index contributed by atoms with van der Waals surface area (Å²) >= 11 is 0. The molecule has 2 aliphatic heterocycles. The number of nitrogens with one attached hydrogen (secondary N) is 2. The van der Waals surface area contributed by atoms with E-state index in [0.717, 1.165) is 26.2 Å². The predicted molar refractivity (Wildman–Crippen MR) is 102 cm³/mol.